The zero-order chi connectivity index (χ0) is 19.3. The Morgan fingerprint density at radius 3 is 2.54 bits per heavy atom. The second kappa shape index (κ2) is 8.88. The number of carboxylic acid groups (broad SMARTS) is 1. The third kappa shape index (κ3) is 4.77. The van der Waals surface area contributed by atoms with Crippen molar-refractivity contribution < 1.29 is 23.1 Å². The molecule has 144 valence electrons. The summed E-state index contributed by atoms with van der Waals surface area (Å²) in [5.41, 5.74) is 0.776. The van der Waals surface area contributed by atoms with E-state index in [-0.39, 0.29) is 10.5 Å². The van der Waals surface area contributed by atoms with Crippen molar-refractivity contribution in [3.63, 3.8) is 0 Å². The second-order valence-corrected chi connectivity index (χ2v) is 9.16. The molecule has 0 aliphatic carbocycles. The van der Waals surface area contributed by atoms with E-state index in [9.17, 15) is 23.1 Å². The molecule has 0 unspecified atom stereocenters. The lowest BCUT2D eigenvalue weighted by Gasteiger charge is -2.18. The maximum atomic E-state index is 12.7. The van der Waals surface area contributed by atoms with Gasteiger partial charge in [-0.1, -0.05) is 6.07 Å². The number of rotatable bonds is 8. The van der Waals surface area contributed by atoms with Gasteiger partial charge in [0.2, 0.25) is 10.0 Å². The minimum atomic E-state index is -3.64. The molecule has 26 heavy (non-hydrogen) atoms. The SMILES string of the molecule is CSCC[C@@H](NC(=O)c1cc(S(=O)(=O)N2CCCC2)ccc1C)C(=O)O. The van der Waals surface area contributed by atoms with Crippen LogP contribution < -0.4 is 5.32 Å². The van der Waals surface area contributed by atoms with Gasteiger partial charge in [-0.3, -0.25) is 4.79 Å². The Balaban J connectivity index is 2.25. The van der Waals surface area contributed by atoms with E-state index in [1.807, 2.05) is 6.26 Å². The molecule has 2 N–H and O–H groups in total. The van der Waals surface area contributed by atoms with Crippen LogP contribution in [0, 0.1) is 6.92 Å². The summed E-state index contributed by atoms with van der Waals surface area (Å²) >= 11 is 1.49. The fourth-order valence-electron chi connectivity index (χ4n) is 2.81. The van der Waals surface area contributed by atoms with Crippen LogP contribution in [0.1, 0.15) is 35.2 Å². The lowest BCUT2D eigenvalue weighted by molar-refractivity contribution is -0.139. The quantitative estimate of drug-likeness (QED) is 0.689. The average Bonchev–Trinajstić information content (AvgIpc) is 3.13. The van der Waals surface area contributed by atoms with Gasteiger partial charge in [0.05, 0.1) is 4.90 Å². The Bertz CT molecular complexity index is 773. The molecule has 1 amide bonds. The minimum Gasteiger partial charge on any atom is -0.480 e. The van der Waals surface area contributed by atoms with E-state index in [4.69, 9.17) is 0 Å². The Morgan fingerprint density at radius 1 is 1.31 bits per heavy atom. The van der Waals surface area contributed by atoms with Gasteiger partial charge in [-0.2, -0.15) is 16.1 Å². The highest BCUT2D eigenvalue weighted by Crippen LogP contribution is 2.23. The van der Waals surface area contributed by atoms with Crippen LogP contribution in [0.4, 0.5) is 0 Å². The number of carbonyl (C=O) groups is 2. The standard InChI is InChI=1S/C17H24N2O5S2/c1-12-5-6-13(26(23,24)19-8-3-4-9-19)11-14(12)16(20)18-15(17(21)22)7-10-25-2/h5-6,11,15H,3-4,7-10H2,1-2H3,(H,18,20)(H,21,22)/t15-/m1/s1. The van der Waals surface area contributed by atoms with Crippen molar-refractivity contribution in [2.24, 2.45) is 0 Å². The maximum absolute atomic E-state index is 12.7. The van der Waals surface area contributed by atoms with Crippen LogP contribution in [0.2, 0.25) is 0 Å². The summed E-state index contributed by atoms with van der Waals surface area (Å²) in [7, 11) is -3.64. The van der Waals surface area contributed by atoms with E-state index in [1.54, 1.807) is 13.0 Å². The van der Waals surface area contributed by atoms with Crippen LogP contribution in [0.5, 0.6) is 0 Å². The van der Waals surface area contributed by atoms with Gasteiger partial charge < -0.3 is 10.4 Å². The molecule has 0 bridgehead atoms. The van der Waals surface area contributed by atoms with Gasteiger partial charge in [-0.15, -0.1) is 0 Å². The van der Waals surface area contributed by atoms with E-state index in [2.05, 4.69) is 5.32 Å². The van der Waals surface area contributed by atoms with Gasteiger partial charge in [-0.05, 0) is 55.9 Å². The predicted molar refractivity (Wildman–Crippen MR) is 101 cm³/mol. The molecular weight excluding hydrogens is 376 g/mol. The lowest BCUT2D eigenvalue weighted by Crippen LogP contribution is -2.41. The molecule has 1 aliphatic heterocycles. The van der Waals surface area contributed by atoms with Crippen molar-refractivity contribution >= 4 is 33.7 Å². The average molecular weight is 401 g/mol. The molecule has 1 saturated heterocycles. The van der Waals surface area contributed by atoms with Crippen molar-refractivity contribution in [3.8, 4) is 0 Å². The van der Waals surface area contributed by atoms with Gasteiger partial charge in [0.15, 0.2) is 0 Å². The minimum absolute atomic E-state index is 0.0612. The maximum Gasteiger partial charge on any atom is 0.326 e. The lowest BCUT2D eigenvalue weighted by atomic mass is 10.1. The van der Waals surface area contributed by atoms with Gasteiger partial charge in [-0.25, -0.2) is 13.2 Å². The molecule has 1 aromatic carbocycles. The number of benzene rings is 1. The first kappa shape index (κ1) is 20.7. The molecule has 1 aromatic rings. The van der Waals surface area contributed by atoms with E-state index in [0.29, 0.717) is 30.8 Å². The highest BCUT2D eigenvalue weighted by atomic mass is 32.2. The smallest absolute Gasteiger partial charge is 0.326 e. The van der Waals surface area contributed by atoms with Crippen molar-refractivity contribution in [3.05, 3.63) is 29.3 Å². The third-order valence-corrected chi connectivity index (χ3v) is 6.91. The summed E-state index contributed by atoms with van der Waals surface area (Å²) in [6.07, 6.45) is 3.81. The summed E-state index contributed by atoms with van der Waals surface area (Å²) in [6.45, 7) is 2.65. The summed E-state index contributed by atoms with van der Waals surface area (Å²) < 4.78 is 26.8. The van der Waals surface area contributed by atoms with E-state index in [1.165, 1.54) is 28.2 Å². The number of sulfonamides is 1. The predicted octanol–water partition coefficient (Wildman–Crippen LogP) is 1.72. The van der Waals surface area contributed by atoms with Crippen LogP contribution in [0.25, 0.3) is 0 Å². The number of hydrogen-bond acceptors (Lipinski definition) is 5. The molecule has 7 nitrogen and oxygen atoms in total. The number of aryl methyl sites for hydroxylation is 1. The monoisotopic (exact) mass is 400 g/mol. The summed E-state index contributed by atoms with van der Waals surface area (Å²) in [6, 6.07) is 3.40. The van der Waals surface area contributed by atoms with Gasteiger partial charge >= 0.3 is 5.97 Å². The molecule has 0 saturated carbocycles. The number of carboxylic acids is 1. The molecule has 9 heteroatoms. The first-order valence-electron chi connectivity index (χ1n) is 8.40. The van der Waals surface area contributed by atoms with Crippen molar-refractivity contribution in [2.45, 2.75) is 37.1 Å². The molecule has 0 radical (unpaired) electrons. The number of thioether (sulfide) groups is 1. The van der Waals surface area contributed by atoms with E-state index >= 15 is 0 Å². The molecule has 1 heterocycles. The Hall–Kier alpha value is -1.58. The third-order valence-electron chi connectivity index (χ3n) is 4.37. The fourth-order valence-corrected chi connectivity index (χ4v) is 4.83. The second-order valence-electron chi connectivity index (χ2n) is 6.23. The molecular formula is C17H24N2O5S2. The van der Waals surface area contributed by atoms with Crippen LogP contribution in [0.3, 0.4) is 0 Å². The normalized spacial score (nSPS) is 16.4. The summed E-state index contributed by atoms with van der Waals surface area (Å²) in [5, 5.41) is 11.8. The van der Waals surface area contributed by atoms with Crippen LogP contribution in [-0.2, 0) is 14.8 Å². The van der Waals surface area contributed by atoms with Crippen molar-refractivity contribution in [1.82, 2.24) is 9.62 Å². The zero-order valence-electron chi connectivity index (χ0n) is 14.9. The van der Waals surface area contributed by atoms with Crippen LogP contribution in [-0.4, -0.2) is 60.8 Å². The number of nitrogens with one attached hydrogen (secondary N) is 1. The Labute approximate surface area is 158 Å². The molecule has 0 spiro atoms. The summed E-state index contributed by atoms with van der Waals surface area (Å²) in [5.74, 6) is -1.08. The summed E-state index contributed by atoms with van der Waals surface area (Å²) in [4.78, 5) is 23.9. The number of nitrogens with zero attached hydrogens (tertiary/aromatic N) is 1. The number of carbonyl (C=O) groups excluding carboxylic acids is 1. The highest BCUT2D eigenvalue weighted by Gasteiger charge is 2.28. The molecule has 1 fully saturated rings. The number of hydrogen-bond donors (Lipinski definition) is 2. The van der Waals surface area contributed by atoms with Crippen molar-refractivity contribution in [1.29, 1.82) is 0 Å². The van der Waals surface area contributed by atoms with Gasteiger partial charge in [0.1, 0.15) is 6.04 Å². The molecule has 1 atom stereocenters. The number of amides is 1. The highest BCUT2D eigenvalue weighted by molar-refractivity contribution is 7.98. The largest absolute Gasteiger partial charge is 0.480 e. The Morgan fingerprint density at radius 2 is 1.96 bits per heavy atom. The Kier molecular flexibility index (Phi) is 7.08. The van der Waals surface area contributed by atoms with Crippen molar-refractivity contribution in [2.75, 3.05) is 25.1 Å². The molecule has 1 aliphatic rings. The first-order valence-corrected chi connectivity index (χ1v) is 11.2. The molecule has 0 aromatic heterocycles. The molecule has 2 rings (SSSR count). The van der Waals surface area contributed by atoms with E-state index < -0.39 is 27.9 Å². The van der Waals surface area contributed by atoms with Crippen LogP contribution in [0.15, 0.2) is 23.1 Å². The topological polar surface area (TPSA) is 104 Å². The fraction of sp³-hybridized carbons (Fsp3) is 0.529. The number of aliphatic carboxylic acids is 1. The van der Waals surface area contributed by atoms with Gasteiger partial charge in [0.25, 0.3) is 5.91 Å². The van der Waals surface area contributed by atoms with E-state index in [0.717, 1.165) is 12.8 Å². The van der Waals surface area contributed by atoms with Gasteiger partial charge in [0, 0.05) is 18.7 Å². The zero-order valence-corrected chi connectivity index (χ0v) is 16.5. The van der Waals surface area contributed by atoms with Crippen LogP contribution >= 0.6 is 11.8 Å². The first-order chi connectivity index (χ1) is 12.3.